The molecule has 19 heavy (non-hydrogen) atoms. The number of hydrogen-bond donors (Lipinski definition) is 0. The Morgan fingerprint density at radius 1 is 0.947 bits per heavy atom. The zero-order valence-electron chi connectivity index (χ0n) is 11.7. The van der Waals surface area contributed by atoms with Crippen LogP contribution in [0.1, 0.15) is 6.92 Å². The molecule has 0 bridgehead atoms. The van der Waals surface area contributed by atoms with E-state index in [1.54, 1.807) is 6.92 Å². The van der Waals surface area contributed by atoms with Crippen molar-refractivity contribution in [3.05, 3.63) is 64.8 Å². The van der Waals surface area contributed by atoms with E-state index in [4.69, 9.17) is 4.74 Å². The predicted octanol–water partition coefficient (Wildman–Crippen LogP) is 3.24. The average Bonchev–Trinajstić information content (AvgIpc) is 2.50. The fourth-order valence-corrected chi connectivity index (χ4v) is 0.539. The van der Waals surface area contributed by atoms with Crippen LogP contribution in [0.2, 0.25) is 0 Å². The summed E-state index contributed by atoms with van der Waals surface area (Å²) >= 11 is 0. The molecule has 0 spiro atoms. The normalized spacial score (nSPS) is 8.26. The van der Waals surface area contributed by atoms with Gasteiger partial charge in [0.25, 0.3) is 0 Å². The highest BCUT2D eigenvalue weighted by Crippen LogP contribution is 1.94. The lowest BCUT2D eigenvalue weighted by Crippen LogP contribution is -2.20. The van der Waals surface area contributed by atoms with Crippen LogP contribution in [0.5, 0.6) is 0 Å². The Balaban J connectivity index is -0.000000163. The highest BCUT2D eigenvalue weighted by molar-refractivity contribution is 5.82. The minimum atomic E-state index is -0.540. The van der Waals surface area contributed by atoms with Crippen molar-refractivity contribution >= 4 is 11.9 Å². The van der Waals surface area contributed by atoms with E-state index in [-0.39, 0.29) is 6.61 Å². The largest absolute Gasteiger partial charge is 0.459 e. The minimum Gasteiger partial charge on any atom is -0.459 e. The highest BCUT2D eigenvalue weighted by Gasteiger charge is 2.07. The van der Waals surface area contributed by atoms with Gasteiger partial charge in [0.2, 0.25) is 0 Å². The zero-order chi connectivity index (χ0) is 16.3. The van der Waals surface area contributed by atoms with Crippen molar-refractivity contribution in [3.8, 4) is 0 Å². The molecule has 0 aliphatic heterocycles. The zero-order valence-corrected chi connectivity index (χ0v) is 11.7. The second-order valence-electron chi connectivity index (χ2n) is 2.29. The molecule has 0 N–H and O–H groups in total. The Morgan fingerprint density at radius 3 is 1.63 bits per heavy atom. The summed E-state index contributed by atoms with van der Waals surface area (Å²) < 4.78 is 9.36. The molecule has 0 heterocycles. The van der Waals surface area contributed by atoms with Crippen molar-refractivity contribution < 1.29 is 19.1 Å². The average molecular weight is 268 g/mol. The second-order valence-corrected chi connectivity index (χ2v) is 2.29. The summed E-state index contributed by atoms with van der Waals surface area (Å²) in [4.78, 5) is 21.2. The molecule has 4 nitrogen and oxygen atoms in total. The molecule has 0 fully saturated rings. The fourth-order valence-electron chi connectivity index (χ4n) is 0.539. The van der Waals surface area contributed by atoms with Crippen molar-refractivity contribution in [2.24, 2.45) is 0 Å². The van der Waals surface area contributed by atoms with E-state index in [1.807, 2.05) is 0 Å². The summed E-state index contributed by atoms with van der Waals surface area (Å²) in [5.41, 5.74) is 0. The smallest absolute Gasteiger partial charge is 0.330 e. The molecule has 0 aliphatic rings. The molecule has 0 saturated carbocycles. The summed E-state index contributed by atoms with van der Waals surface area (Å²) in [7, 11) is 0. The molecule has 108 valence electrons. The van der Waals surface area contributed by atoms with Crippen LogP contribution < -0.4 is 0 Å². The van der Waals surface area contributed by atoms with Crippen LogP contribution in [0.15, 0.2) is 64.8 Å². The van der Waals surface area contributed by atoms with Crippen LogP contribution in [-0.4, -0.2) is 24.6 Å². The Labute approximate surface area is 116 Å². The SMILES string of the molecule is C=C.C=C.C=C.C=CC(=O)OCC(C)OC(=O)C=C. The number of esters is 2. The predicted molar refractivity (Wildman–Crippen MR) is 80.7 cm³/mol. The van der Waals surface area contributed by atoms with Gasteiger partial charge in [-0.1, -0.05) is 13.2 Å². The third kappa shape index (κ3) is 25.7. The Kier molecular flexibility index (Phi) is 33.2. The summed E-state index contributed by atoms with van der Waals surface area (Å²) in [6.07, 6.45) is 1.61. The lowest BCUT2D eigenvalue weighted by Gasteiger charge is -2.10. The van der Waals surface area contributed by atoms with Gasteiger partial charge in [0.15, 0.2) is 0 Å². The van der Waals surface area contributed by atoms with Crippen molar-refractivity contribution in [1.82, 2.24) is 0 Å². The van der Waals surface area contributed by atoms with Crippen LogP contribution in [0.4, 0.5) is 0 Å². The molecule has 4 heteroatoms. The van der Waals surface area contributed by atoms with E-state index >= 15 is 0 Å². The quantitative estimate of drug-likeness (QED) is 0.436. The van der Waals surface area contributed by atoms with Crippen molar-refractivity contribution in [1.29, 1.82) is 0 Å². The Morgan fingerprint density at radius 2 is 1.32 bits per heavy atom. The van der Waals surface area contributed by atoms with E-state index in [1.165, 1.54) is 0 Å². The summed E-state index contributed by atoms with van der Waals surface area (Å²) in [5, 5.41) is 0. The summed E-state index contributed by atoms with van der Waals surface area (Å²) in [6.45, 7) is 26.1. The van der Waals surface area contributed by atoms with Gasteiger partial charge < -0.3 is 9.47 Å². The van der Waals surface area contributed by atoms with Gasteiger partial charge in [-0.3, -0.25) is 0 Å². The van der Waals surface area contributed by atoms with Crippen molar-refractivity contribution in [2.45, 2.75) is 13.0 Å². The number of ether oxygens (including phenoxy) is 2. The van der Waals surface area contributed by atoms with E-state index in [0.717, 1.165) is 12.2 Å². The lowest BCUT2D eigenvalue weighted by molar-refractivity contribution is -0.151. The maximum absolute atomic E-state index is 10.6. The van der Waals surface area contributed by atoms with Gasteiger partial charge >= 0.3 is 11.9 Å². The Bertz CT molecular complexity index is 254. The first-order chi connectivity index (χ1) is 9.10. The van der Waals surface area contributed by atoms with Crippen LogP contribution in [-0.2, 0) is 19.1 Å². The first-order valence-electron chi connectivity index (χ1n) is 5.22. The summed E-state index contributed by atoms with van der Waals surface area (Å²) in [6, 6.07) is 0. The molecule has 1 atom stereocenters. The van der Waals surface area contributed by atoms with Gasteiger partial charge in [-0.25, -0.2) is 9.59 Å². The third-order valence-electron chi connectivity index (χ3n) is 1.11. The molecule has 0 aromatic carbocycles. The number of carbonyl (C=O) groups is 2. The maximum atomic E-state index is 10.6. The van der Waals surface area contributed by atoms with Crippen molar-refractivity contribution in [3.63, 3.8) is 0 Å². The third-order valence-corrected chi connectivity index (χ3v) is 1.11. The minimum absolute atomic E-state index is 0.0183. The van der Waals surface area contributed by atoms with Crippen LogP contribution in [0.3, 0.4) is 0 Å². The van der Waals surface area contributed by atoms with Crippen LogP contribution >= 0.6 is 0 Å². The van der Waals surface area contributed by atoms with Crippen LogP contribution in [0, 0.1) is 0 Å². The first kappa shape index (κ1) is 25.5. The first-order valence-corrected chi connectivity index (χ1v) is 5.22. The van der Waals surface area contributed by atoms with Gasteiger partial charge in [-0.15, -0.1) is 39.5 Å². The molecule has 0 saturated heterocycles. The molecule has 0 amide bonds. The lowest BCUT2D eigenvalue weighted by atomic mass is 10.4. The van der Waals surface area contributed by atoms with Crippen molar-refractivity contribution in [2.75, 3.05) is 6.61 Å². The second kappa shape index (κ2) is 24.7. The molecule has 0 aromatic rings. The monoisotopic (exact) mass is 268 g/mol. The molecule has 0 aliphatic carbocycles. The Hall–Kier alpha value is -2.36. The highest BCUT2D eigenvalue weighted by atomic mass is 16.6. The van der Waals surface area contributed by atoms with Crippen LogP contribution in [0.25, 0.3) is 0 Å². The summed E-state index contributed by atoms with van der Waals surface area (Å²) in [5.74, 6) is -1.08. The fraction of sp³-hybridized carbons (Fsp3) is 0.200. The molecule has 1 unspecified atom stereocenters. The van der Waals surface area contributed by atoms with E-state index in [9.17, 15) is 9.59 Å². The molecular weight excluding hydrogens is 244 g/mol. The van der Waals surface area contributed by atoms with Gasteiger partial charge in [0.05, 0.1) is 0 Å². The molecule has 0 radical (unpaired) electrons. The maximum Gasteiger partial charge on any atom is 0.330 e. The van der Waals surface area contributed by atoms with Gasteiger partial charge in [0, 0.05) is 12.2 Å². The van der Waals surface area contributed by atoms with Gasteiger partial charge in [-0.2, -0.15) is 0 Å². The molecular formula is C15H24O4. The topological polar surface area (TPSA) is 52.6 Å². The van der Waals surface area contributed by atoms with E-state index in [0.29, 0.717) is 0 Å². The number of rotatable bonds is 5. The van der Waals surface area contributed by atoms with E-state index in [2.05, 4.69) is 57.4 Å². The molecule has 0 rings (SSSR count). The standard InChI is InChI=1S/C9H12O4.3C2H4/c1-4-8(10)12-6-7(3)13-9(11)5-2;3*1-2/h4-5,7H,1-2,6H2,3H3;3*1-2H2. The number of carbonyl (C=O) groups excluding carboxylic acids is 2. The van der Waals surface area contributed by atoms with E-state index < -0.39 is 18.0 Å². The van der Waals surface area contributed by atoms with Gasteiger partial charge in [-0.05, 0) is 6.92 Å². The number of hydrogen-bond acceptors (Lipinski definition) is 4. The van der Waals surface area contributed by atoms with Gasteiger partial charge in [0.1, 0.15) is 12.7 Å². The molecule has 0 aromatic heterocycles.